The van der Waals surface area contributed by atoms with E-state index in [1.807, 2.05) is 18.5 Å². The molecular formula is C25H17N3. The van der Waals surface area contributed by atoms with Crippen LogP contribution in [0.25, 0.3) is 11.1 Å². The van der Waals surface area contributed by atoms with Gasteiger partial charge >= 0.3 is 0 Å². The first-order valence-corrected chi connectivity index (χ1v) is 9.82. The molecule has 0 saturated heterocycles. The molecule has 0 spiro atoms. The van der Waals surface area contributed by atoms with Crippen molar-refractivity contribution < 1.29 is 0 Å². The Labute approximate surface area is 163 Å². The third-order valence-corrected chi connectivity index (χ3v) is 6.36. The summed E-state index contributed by atoms with van der Waals surface area (Å²) in [4.78, 5) is 11.9. The summed E-state index contributed by atoms with van der Waals surface area (Å²) in [5, 5.41) is 0. The molecule has 0 unspecified atom stereocenters. The van der Waals surface area contributed by atoms with E-state index in [0.717, 1.165) is 25.0 Å². The van der Waals surface area contributed by atoms with Gasteiger partial charge in [-0.1, -0.05) is 30.3 Å². The second-order valence-electron chi connectivity index (χ2n) is 7.90. The maximum atomic E-state index is 4.75. The molecule has 3 heteroatoms. The number of anilines is 3. The van der Waals surface area contributed by atoms with Gasteiger partial charge in [0.25, 0.3) is 0 Å². The van der Waals surface area contributed by atoms with E-state index in [0.29, 0.717) is 0 Å². The Kier molecular flexibility index (Phi) is 2.64. The van der Waals surface area contributed by atoms with Crippen LogP contribution < -0.4 is 4.90 Å². The van der Waals surface area contributed by atoms with Crippen molar-refractivity contribution in [2.75, 3.05) is 4.90 Å². The van der Waals surface area contributed by atoms with Crippen LogP contribution in [0.2, 0.25) is 0 Å². The van der Waals surface area contributed by atoms with Gasteiger partial charge in [-0.25, -0.2) is 0 Å². The molecule has 7 rings (SSSR count). The number of rotatable bonds is 0. The average Bonchev–Trinajstić information content (AvgIpc) is 3.09. The second kappa shape index (κ2) is 5.08. The van der Waals surface area contributed by atoms with Crippen molar-refractivity contribution in [3.63, 3.8) is 0 Å². The molecule has 0 fully saturated rings. The predicted molar refractivity (Wildman–Crippen MR) is 111 cm³/mol. The van der Waals surface area contributed by atoms with Crippen LogP contribution in [-0.4, -0.2) is 9.97 Å². The Hall–Kier alpha value is -3.46. The third kappa shape index (κ3) is 1.79. The molecule has 0 atom stereocenters. The maximum absolute atomic E-state index is 4.75. The normalized spacial score (nSPS) is 14.6. The molecule has 2 aromatic heterocycles. The van der Waals surface area contributed by atoms with E-state index in [2.05, 4.69) is 58.4 Å². The van der Waals surface area contributed by atoms with E-state index in [1.54, 1.807) is 0 Å². The minimum atomic E-state index is 0.876. The van der Waals surface area contributed by atoms with E-state index < -0.39 is 0 Å². The monoisotopic (exact) mass is 359 g/mol. The van der Waals surface area contributed by atoms with Crippen LogP contribution in [0.3, 0.4) is 0 Å². The number of fused-ring (bicyclic) bond motifs is 7. The summed E-state index contributed by atoms with van der Waals surface area (Å²) in [6.45, 7) is 0. The fourth-order valence-electron chi connectivity index (χ4n) is 5.16. The number of benzene rings is 2. The fraction of sp³-hybridized carbons (Fsp3) is 0.120. The van der Waals surface area contributed by atoms with Gasteiger partial charge in [-0.15, -0.1) is 0 Å². The van der Waals surface area contributed by atoms with Crippen molar-refractivity contribution in [2.45, 2.75) is 19.3 Å². The first-order valence-electron chi connectivity index (χ1n) is 9.82. The summed E-state index contributed by atoms with van der Waals surface area (Å²) in [6, 6.07) is 20.0. The molecule has 1 aliphatic carbocycles. The highest BCUT2D eigenvalue weighted by atomic mass is 15.2. The summed E-state index contributed by atoms with van der Waals surface area (Å²) >= 11 is 0. The van der Waals surface area contributed by atoms with Crippen LogP contribution >= 0.6 is 0 Å². The molecule has 132 valence electrons. The minimum Gasteiger partial charge on any atom is -0.306 e. The first kappa shape index (κ1) is 14.6. The molecule has 0 N–H and O–H groups in total. The maximum Gasteiger partial charge on any atom is 0.0717 e. The van der Waals surface area contributed by atoms with Crippen LogP contribution in [0.4, 0.5) is 17.1 Å². The summed E-state index contributed by atoms with van der Waals surface area (Å²) in [6.07, 6.45) is 6.65. The fourth-order valence-corrected chi connectivity index (χ4v) is 5.16. The van der Waals surface area contributed by atoms with Crippen molar-refractivity contribution in [2.24, 2.45) is 0 Å². The van der Waals surface area contributed by atoms with Gasteiger partial charge in [-0.05, 0) is 64.1 Å². The quantitative estimate of drug-likeness (QED) is 0.367. The molecule has 0 saturated carbocycles. The zero-order chi connectivity index (χ0) is 18.2. The van der Waals surface area contributed by atoms with Crippen LogP contribution in [0.15, 0.2) is 67.0 Å². The van der Waals surface area contributed by atoms with Gasteiger partial charge in [0.1, 0.15) is 0 Å². The van der Waals surface area contributed by atoms with Crippen molar-refractivity contribution in [3.05, 3.63) is 101 Å². The van der Waals surface area contributed by atoms with Crippen LogP contribution in [0.5, 0.6) is 0 Å². The summed E-state index contributed by atoms with van der Waals surface area (Å²) in [5.41, 5.74) is 14.4. The Morgan fingerprint density at radius 2 is 1.50 bits per heavy atom. The molecular weight excluding hydrogens is 342 g/mol. The molecule has 0 bridgehead atoms. The lowest BCUT2D eigenvalue weighted by molar-refractivity contribution is 0.935. The topological polar surface area (TPSA) is 29.0 Å². The molecule has 4 heterocycles. The number of pyridine rings is 2. The smallest absolute Gasteiger partial charge is 0.0717 e. The van der Waals surface area contributed by atoms with E-state index in [9.17, 15) is 0 Å². The molecule has 2 aromatic carbocycles. The van der Waals surface area contributed by atoms with Gasteiger partial charge in [0.15, 0.2) is 0 Å². The third-order valence-electron chi connectivity index (χ3n) is 6.36. The second-order valence-corrected chi connectivity index (χ2v) is 7.90. The molecule has 28 heavy (non-hydrogen) atoms. The van der Waals surface area contributed by atoms with Crippen molar-refractivity contribution in [1.82, 2.24) is 9.97 Å². The lowest BCUT2D eigenvalue weighted by Crippen LogP contribution is -2.26. The highest BCUT2D eigenvalue weighted by molar-refractivity contribution is 5.91. The zero-order valence-electron chi connectivity index (χ0n) is 15.3. The molecule has 3 aliphatic rings. The number of nitrogens with zero attached hydrogens (tertiary/aromatic N) is 3. The molecule has 0 radical (unpaired) electrons. The van der Waals surface area contributed by atoms with E-state index >= 15 is 0 Å². The van der Waals surface area contributed by atoms with Crippen LogP contribution in [-0.2, 0) is 19.3 Å². The zero-order valence-corrected chi connectivity index (χ0v) is 15.3. The van der Waals surface area contributed by atoms with Gasteiger partial charge in [0.05, 0.1) is 28.5 Å². The van der Waals surface area contributed by atoms with Gasteiger partial charge in [0, 0.05) is 25.2 Å². The van der Waals surface area contributed by atoms with E-state index in [1.165, 1.54) is 56.1 Å². The Morgan fingerprint density at radius 1 is 0.607 bits per heavy atom. The Bertz CT molecular complexity index is 1310. The van der Waals surface area contributed by atoms with Crippen LogP contribution in [0, 0.1) is 0 Å². The molecule has 4 aromatic rings. The van der Waals surface area contributed by atoms with Gasteiger partial charge in [0.2, 0.25) is 0 Å². The summed E-state index contributed by atoms with van der Waals surface area (Å²) in [5.74, 6) is 0. The largest absolute Gasteiger partial charge is 0.306 e. The molecule has 0 amide bonds. The lowest BCUT2D eigenvalue weighted by Gasteiger charge is -2.38. The molecule has 3 nitrogen and oxygen atoms in total. The Balaban J connectivity index is 1.53. The van der Waals surface area contributed by atoms with Crippen molar-refractivity contribution >= 4 is 17.1 Å². The van der Waals surface area contributed by atoms with Gasteiger partial charge < -0.3 is 4.90 Å². The first-order chi connectivity index (χ1) is 13.9. The SMILES string of the molecule is c1ccc2c(c1)Cc1cc3c(cc1-2)N1c2cccnc2Cc2ccnc(c21)C3. The van der Waals surface area contributed by atoms with Crippen molar-refractivity contribution in [3.8, 4) is 11.1 Å². The summed E-state index contributed by atoms with van der Waals surface area (Å²) < 4.78 is 0. The average molecular weight is 359 g/mol. The lowest BCUT2D eigenvalue weighted by atomic mass is 9.89. The van der Waals surface area contributed by atoms with E-state index in [-0.39, 0.29) is 0 Å². The van der Waals surface area contributed by atoms with Crippen LogP contribution in [0.1, 0.15) is 33.6 Å². The number of aromatic nitrogens is 2. The highest BCUT2D eigenvalue weighted by Crippen LogP contribution is 2.51. The van der Waals surface area contributed by atoms with Gasteiger partial charge in [-0.2, -0.15) is 0 Å². The number of hydrogen-bond donors (Lipinski definition) is 0. The van der Waals surface area contributed by atoms with Gasteiger partial charge in [-0.3, -0.25) is 9.97 Å². The Morgan fingerprint density at radius 3 is 2.50 bits per heavy atom. The van der Waals surface area contributed by atoms with E-state index in [4.69, 9.17) is 4.98 Å². The predicted octanol–water partition coefficient (Wildman–Crippen LogP) is 5.33. The minimum absolute atomic E-state index is 0.876. The number of hydrogen-bond acceptors (Lipinski definition) is 3. The highest BCUT2D eigenvalue weighted by Gasteiger charge is 2.34. The van der Waals surface area contributed by atoms with Crippen molar-refractivity contribution in [1.29, 1.82) is 0 Å². The molecule has 2 aliphatic heterocycles. The standard InChI is InChI=1S/C25H17N3/c1-2-5-19-15(4-1)10-17-11-18-13-22-25-16(7-9-27-22)12-21-23(6-3-8-26-21)28(25)24(18)14-20(17)19/h1-9,11,14H,10,12-13H2. The summed E-state index contributed by atoms with van der Waals surface area (Å²) in [7, 11) is 0.